The summed E-state index contributed by atoms with van der Waals surface area (Å²) in [6.07, 6.45) is 1.79. The number of hydrogen-bond acceptors (Lipinski definition) is 2. The van der Waals surface area contributed by atoms with Crippen LogP contribution in [0.15, 0.2) is 42.5 Å². The molecule has 104 valence electrons. The van der Waals surface area contributed by atoms with Gasteiger partial charge >= 0.3 is 0 Å². The molecule has 1 unspecified atom stereocenters. The first-order valence-electron chi connectivity index (χ1n) is 6.79. The minimum absolute atomic E-state index is 0.0192. The van der Waals surface area contributed by atoms with Gasteiger partial charge in [0.1, 0.15) is 11.5 Å². The van der Waals surface area contributed by atoms with E-state index in [1.54, 1.807) is 7.11 Å². The lowest BCUT2D eigenvalue weighted by molar-refractivity contribution is 0.357. The summed E-state index contributed by atoms with van der Waals surface area (Å²) in [5.41, 5.74) is 3.64. The van der Waals surface area contributed by atoms with E-state index in [1.165, 1.54) is 11.1 Å². The Balaban J connectivity index is 1.73. The standard InChI is InChI=1S/C17H17ClO2/c1-19-15-5-2-12(3-6-15)10-16(18)13-4-7-17-14(11-13)8-9-20-17/h2-7,11,16H,8-10H2,1H3. The van der Waals surface area contributed by atoms with E-state index in [-0.39, 0.29) is 5.38 Å². The van der Waals surface area contributed by atoms with E-state index >= 15 is 0 Å². The molecule has 2 aromatic carbocycles. The largest absolute Gasteiger partial charge is 0.497 e. The maximum Gasteiger partial charge on any atom is 0.122 e. The Hall–Kier alpha value is -1.67. The van der Waals surface area contributed by atoms with Gasteiger partial charge in [-0.1, -0.05) is 24.3 Å². The van der Waals surface area contributed by atoms with Crippen LogP contribution in [0.3, 0.4) is 0 Å². The van der Waals surface area contributed by atoms with Crippen molar-refractivity contribution >= 4 is 11.6 Å². The van der Waals surface area contributed by atoms with E-state index in [2.05, 4.69) is 24.3 Å². The highest BCUT2D eigenvalue weighted by Gasteiger charge is 2.15. The second-order valence-electron chi connectivity index (χ2n) is 4.99. The van der Waals surface area contributed by atoms with E-state index in [0.29, 0.717) is 0 Å². The van der Waals surface area contributed by atoms with E-state index in [9.17, 15) is 0 Å². The average Bonchev–Trinajstić information content (AvgIpc) is 2.95. The van der Waals surface area contributed by atoms with Crippen molar-refractivity contribution < 1.29 is 9.47 Å². The minimum Gasteiger partial charge on any atom is -0.497 e. The highest BCUT2D eigenvalue weighted by Crippen LogP contribution is 2.32. The third kappa shape index (κ3) is 2.75. The van der Waals surface area contributed by atoms with Crippen LogP contribution in [-0.4, -0.2) is 13.7 Å². The zero-order valence-electron chi connectivity index (χ0n) is 11.4. The van der Waals surface area contributed by atoms with Crippen LogP contribution < -0.4 is 9.47 Å². The Morgan fingerprint density at radius 3 is 2.75 bits per heavy atom. The van der Waals surface area contributed by atoms with E-state index in [4.69, 9.17) is 21.1 Å². The van der Waals surface area contributed by atoms with Gasteiger partial charge in [0.15, 0.2) is 0 Å². The number of rotatable bonds is 4. The summed E-state index contributed by atoms with van der Waals surface area (Å²) in [4.78, 5) is 0. The molecule has 0 spiro atoms. The number of ether oxygens (including phenoxy) is 2. The molecule has 3 rings (SSSR count). The number of alkyl halides is 1. The van der Waals surface area contributed by atoms with Crippen LogP contribution >= 0.6 is 11.6 Å². The van der Waals surface area contributed by atoms with Gasteiger partial charge in [0, 0.05) is 6.42 Å². The van der Waals surface area contributed by atoms with Crippen molar-refractivity contribution in [3.8, 4) is 11.5 Å². The van der Waals surface area contributed by atoms with Gasteiger partial charge in [0.25, 0.3) is 0 Å². The van der Waals surface area contributed by atoms with Gasteiger partial charge in [-0.05, 0) is 41.3 Å². The Kier molecular flexibility index (Phi) is 3.83. The number of methoxy groups -OCH3 is 1. The molecular weight excluding hydrogens is 272 g/mol. The van der Waals surface area contributed by atoms with Crippen molar-refractivity contribution in [3.63, 3.8) is 0 Å². The molecule has 2 aromatic rings. The quantitative estimate of drug-likeness (QED) is 0.787. The van der Waals surface area contributed by atoms with Crippen molar-refractivity contribution in [1.29, 1.82) is 0 Å². The molecular formula is C17H17ClO2. The summed E-state index contributed by atoms with van der Waals surface area (Å²) in [5, 5.41) is -0.0192. The number of halogens is 1. The van der Waals surface area contributed by atoms with Gasteiger partial charge in [-0.3, -0.25) is 0 Å². The molecule has 0 aromatic heterocycles. The lowest BCUT2D eigenvalue weighted by Gasteiger charge is -2.12. The third-order valence-corrected chi connectivity index (χ3v) is 4.06. The fourth-order valence-electron chi connectivity index (χ4n) is 2.49. The molecule has 0 radical (unpaired) electrons. The molecule has 0 aliphatic carbocycles. The highest BCUT2D eigenvalue weighted by atomic mass is 35.5. The number of benzene rings is 2. The van der Waals surface area contributed by atoms with Crippen LogP contribution in [0, 0.1) is 0 Å². The summed E-state index contributed by atoms with van der Waals surface area (Å²) in [7, 11) is 1.67. The lowest BCUT2D eigenvalue weighted by atomic mass is 10.0. The van der Waals surface area contributed by atoms with E-state index < -0.39 is 0 Å². The Morgan fingerprint density at radius 1 is 1.20 bits per heavy atom. The average molecular weight is 289 g/mol. The van der Waals surface area contributed by atoms with Crippen LogP contribution in [0.5, 0.6) is 11.5 Å². The summed E-state index contributed by atoms with van der Waals surface area (Å²) in [6, 6.07) is 14.3. The molecule has 1 atom stereocenters. The van der Waals surface area contributed by atoms with Crippen molar-refractivity contribution in [2.24, 2.45) is 0 Å². The van der Waals surface area contributed by atoms with Crippen molar-refractivity contribution in [2.45, 2.75) is 18.2 Å². The first kappa shape index (κ1) is 13.3. The normalized spacial score (nSPS) is 14.5. The summed E-state index contributed by atoms with van der Waals surface area (Å²) < 4.78 is 10.7. The maximum absolute atomic E-state index is 6.54. The Morgan fingerprint density at radius 2 is 2.00 bits per heavy atom. The zero-order chi connectivity index (χ0) is 13.9. The molecule has 1 aliphatic heterocycles. The monoisotopic (exact) mass is 288 g/mol. The molecule has 2 nitrogen and oxygen atoms in total. The second kappa shape index (κ2) is 5.76. The first-order valence-corrected chi connectivity index (χ1v) is 7.22. The van der Waals surface area contributed by atoms with Crippen LogP contribution in [0.25, 0.3) is 0 Å². The predicted octanol–water partition coefficient (Wildman–Crippen LogP) is 4.15. The van der Waals surface area contributed by atoms with Gasteiger partial charge in [0.05, 0.1) is 19.1 Å². The van der Waals surface area contributed by atoms with Gasteiger partial charge in [0.2, 0.25) is 0 Å². The number of hydrogen-bond donors (Lipinski definition) is 0. The molecule has 0 saturated heterocycles. The van der Waals surface area contributed by atoms with Crippen LogP contribution in [0.1, 0.15) is 22.1 Å². The zero-order valence-corrected chi connectivity index (χ0v) is 12.2. The SMILES string of the molecule is COc1ccc(CC(Cl)c2ccc3c(c2)CCO3)cc1. The molecule has 0 bridgehead atoms. The molecule has 0 saturated carbocycles. The second-order valence-corrected chi connectivity index (χ2v) is 5.51. The molecule has 1 aliphatic rings. The van der Waals surface area contributed by atoms with Crippen LogP contribution in [0.2, 0.25) is 0 Å². The Bertz CT molecular complexity index is 592. The third-order valence-electron chi connectivity index (χ3n) is 3.65. The van der Waals surface area contributed by atoms with Gasteiger partial charge in [-0.2, -0.15) is 0 Å². The van der Waals surface area contributed by atoms with Gasteiger partial charge in [-0.25, -0.2) is 0 Å². The first-order chi connectivity index (χ1) is 9.76. The predicted molar refractivity (Wildman–Crippen MR) is 80.9 cm³/mol. The molecule has 0 amide bonds. The molecule has 20 heavy (non-hydrogen) atoms. The summed E-state index contributed by atoms with van der Waals surface area (Å²) in [6.45, 7) is 0.782. The molecule has 0 N–H and O–H groups in total. The van der Waals surface area contributed by atoms with E-state index in [1.807, 2.05) is 18.2 Å². The van der Waals surface area contributed by atoms with Crippen molar-refractivity contribution in [2.75, 3.05) is 13.7 Å². The molecule has 1 heterocycles. The van der Waals surface area contributed by atoms with Gasteiger partial charge in [-0.15, -0.1) is 11.6 Å². The fraction of sp³-hybridized carbons (Fsp3) is 0.294. The highest BCUT2D eigenvalue weighted by molar-refractivity contribution is 6.20. The topological polar surface area (TPSA) is 18.5 Å². The Labute approximate surface area is 124 Å². The van der Waals surface area contributed by atoms with Crippen molar-refractivity contribution in [3.05, 3.63) is 59.2 Å². The van der Waals surface area contributed by atoms with Crippen LogP contribution in [0.4, 0.5) is 0 Å². The minimum atomic E-state index is -0.0192. The van der Waals surface area contributed by atoms with Gasteiger partial charge < -0.3 is 9.47 Å². The van der Waals surface area contributed by atoms with Crippen LogP contribution in [-0.2, 0) is 12.8 Å². The lowest BCUT2D eigenvalue weighted by Crippen LogP contribution is -1.97. The molecule has 3 heteroatoms. The summed E-state index contributed by atoms with van der Waals surface area (Å²) >= 11 is 6.54. The maximum atomic E-state index is 6.54. The fourth-order valence-corrected chi connectivity index (χ4v) is 2.80. The van der Waals surface area contributed by atoms with E-state index in [0.717, 1.165) is 36.5 Å². The summed E-state index contributed by atoms with van der Waals surface area (Å²) in [5.74, 6) is 1.87. The smallest absolute Gasteiger partial charge is 0.122 e. The van der Waals surface area contributed by atoms with Crippen molar-refractivity contribution in [1.82, 2.24) is 0 Å². The number of fused-ring (bicyclic) bond motifs is 1. The molecule has 0 fully saturated rings.